The lowest BCUT2D eigenvalue weighted by Crippen LogP contribution is -2.30. The Morgan fingerprint density at radius 3 is 2.33 bits per heavy atom. The molecule has 0 saturated carbocycles. The van der Waals surface area contributed by atoms with Crippen molar-refractivity contribution in [3.8, 4) is 28.6 Å². The van der Waals surface area contributed by atoms with Gasteiger partial charge in [-0.05, 0) is 72.8 Å². The molecule has 4 aromatic carbocycles. The van der Waals surface area contributed by atoms with Gasteiger partial charge in [-0.1, -0.05) is 30.3 Å². The maximum absolute atomic E-state index is 13.5. The van der Waals surface area contributed by atoms with Crippen molar-refractivity contribution in [3.63, 3.8) is 0 Å². The Balaban J connectivity index is 1.08. The molecular weight excluding hydrogens is 642 g/mol. The first-order chi connectivity index (χ1) is 23.9. The largest absolute Gasteiger partial charge is 0.496 e. The minimum absolute atomic E-state index is 0.00254. The Morgan fingerprint density at radius 1 is 0.796 bits per heavy atom. The van der Waals surface area contributed by atoms with Crippen LogP contribution in [0.3, 0.4) is 0 Å². The van der Waals surface area contributed by atoms with Gasteiger partial charge >= 0.3 is 0 Å². The molecule has 5 aromatic rings. The van der Waals surface area contributed by atoms with Gasteiger partial charge in [-0.25, -0.2) is 0 Å². The zero-order valence-electron chi connectivity index (χ0n) is 26.6. The van der Waals surface area contributed by atoms with Crippen molar-refractivity contribution in [1.82, 2.24) is 5.32 Å². The summed E-state index contributed by atoms with van der Waals surface area (Å²) in [5.41, 5.74) is 2.33. The van der Waals surface area contributed by atoms with Gasteiger partial charge in [0.2, 0.25) is 5.91 Å². The highest BCUT2D eigenvalue weighted by Crippen LogP contribution is 2.33. The molecule has 0 radical (unpaired) electrons. The van der Waals surface area contributed by atoms with E-state index in [0.29, 0.717) is 71.1 Å². The highest BCUT2D eigenvalue weighted by molar-refractivity contribution is 7.99. The zero-order valence-corrected chi connectivity index (χ0v) is 27.4. The van der Waals surface area contributed by atoms with E-state index in [1.54, 1.807) is 79.9 Å². The van der Waals surface area contributed by atoms with Gasteiger partial charge in [-0.15, -0.1) is 11.8 Å². The monoisotopic (exact) mass is 675 g/mol. The third kappa shape index (κ3) is 8.70. The highest BCUT2D eigenvalue weighted by atomic mass is 32.2. The average Bonchev–Trinajstić information content (AvgIpc) is 3.60. The van der Waals surface area contributed by atoms with Crippen molar-refractivity contribution in [3.05, 3.63) is 126 Å². The minimum atomic E-state index is -0.532. The molecule has 49 heavy (non-hydrogen) atoms. The first-order valence-corrected chi connectivity index (χ1v) is 16.5. The van der Waals surface area contributed by atoms with Gasteiger partial charge in [0.25, 0.3) is 11.8 Å². The van der Waals surface area contributed by atoms with Crippen molar-refractivity contribution in [2.75, 3.05) is 36.7 Å². The van der Waals surface area contributed by atoms with Crippen LogP contribution in [0.1, 0.15) is 22.5 Å². The quantitative estimate of drug-likeness (QED) is 0.0932. The summed E-state index contributed by atoms with van der Waals surface area (Å²) < 4.78 is 22.6. The minimum Gasteiger partial charge on any atom is -0.496 e. The van der Waals surface area contributed by atoms with Crippen molar-refractivity contribution in [1.29, 1.82) is 0 Å². The molecule has 3 N–H and O–H groups in total. The molecule has 0 unspecified atom stereocenters. The third-order valence-corrected chi connectivity index (χ3v) is 8.36. The zero-order chi connectivity index (χ0) is 34.0. The molecule has 10 nitrogen and oxygen atoms in total. The van der Waals surface area contributed by atoms with Crippen LogP contribution in [0.15, 0.2) is 124 Å². The summed E-state index contributed by atoms with van der Waals surface area (Å²) in [6, 6.07) is 32.1. The van der Waals surface area contributed by atoms with Gasteiger partial charge in [0, 0.05) is 46.1 Å². The fraction of sp³-hybridized carbons (Fsp3) is 0.132. The maximum Gasteiger partial charge on any atom is 0.272 e. The maximum atomic E-state index is 13.5. The number of para-hydroxylation sites is 1. The summed E-state index contributed by atoms with van der Waals surface area (Å²) in [4.78, 5) is 40.0. The van der Waals surface area contributed by atoms with E-state index >= 15 is 0 Å². The smallest absolute Gasteiger partial charge is 0.272 e. The molecule has 248 valence electrons. The lowest BCUT2D eigenvalue weighted by atomic mass is 10.1. The Labute approximate surface area is 287 Å². The van der Waals surface area contributed by atoms with E-state index in [-0.39, 0.29) is 11.6 Å². The Hall–Kier alpha value is -5.94. The van der Waals surface area contributed by atoms with Crippen molar-refractivity contribution < 1.29 is 33.0 Å². The van der Waals surface area contributed by atoms with Gasteiger partial charge in [-0.2, -0.15) is 0 Å². The van der Waals surface area contributed by atoms with Crippen LogP contribution in [-0.4, -0.2) is 43.8 Å². The first-order valence-electron chi connectivity index (χ1n) is 15.5. The molecule has 1 aliphatic rings. The number of carbonyl (C=O) groups is 3. The van der Waals surface area contributed by atoms with Crippen molar-refractivity contribution in [2.45, 2.75) is 11.3 Å². The molecule has 6 rings (SSSR count). The van der Waals surface area contributed by atoms with Crippen LogP contribution >= 0.6 is 11.8 Å². The molecule has 0 spiro atoms. The topological polar surface area (TPSA) is 128 Å². The number of hydrogen-bond acceptors (Lipinski definition) is 8. The number of rotatable bonds is 12. The molecule has 2 heterocycles. The van der Waals surface area contributed by atoms with Gasteiger partial charge in [0.1, 0.15) is 36.2 Å². The summed E-state index contributed by atoms with van der Waals surface area (Å²) in [5.74, 6) is 2.31. The molecule has 0 bridgehead atoms. The van der Waals surface area contributed by atoms with E-state index < -0.39 is 11.8 Å². The normalized spacial score (nSPS) is 12.1. The number of thioether (sulfide) groups is 1. The van der Waals surface area contributed by atoms with E-state index in [2.05, 4.69) is 16.0 Å². The fourth-order valence-corrected chi connectivity index (χ4v) is 5.80. The number of benzene rings is 4. The Kier molecular flexibility index (Phi) is 10.6. The molecule has 0 atom stereocenters. The van der Waals surface area contributed by atoms with E-state index in [1.807, 2.05) is 36.4 Å². The predicted molar refractivity (Wildman–Crippen MR) is 189 cm³/mol. The van der Waals surface area contributed by atoms with Gasteiger partial charge in [0.05, 0.1) is 12.7 Å². The number of anilines is 2. The van der Waals surface area contributed by atoms with E-state index in [4.69, 9.17) is 18.6 Å². The summed E-state index contributed by atoms with van der Waals surface area (Å²) in [6.07, 6.45) is 1.79. The summed E-state index contributed by atoms with van der Waals surface area (Å²) in [6.45, 7) is 0.983. The van der Waals surface area contributed by atoms with E-state index in [9.17, 15) is 14.4 Å². The second-order valence-corrected chi connectivity index (χ2v) is 11.9. The summed E-state index contributed by atoms with van der Waals surface area (Å²) in [7, 11) is 1.58. The van der Waals surface area contributed by atoms with Gasteiger partial charge in [0.15, 0.2) is 11.5 Å². The SMILES string of the molecule is COc1ccccc1-c1ccc(/C=C(\NC(=O)c2ccccc2)C(=O)Nc2ccc(SCCC(=O)Nc3ccc4c(c3)OCCO4)cc2)o1. The lowest BCUT2D eigenvalue weighted by Gasteiger charge is -2.19. The van der Waals surface area contributed by atoms with Crippen molar-refractivity contribution in [2.24, 2.45) is 0 Å². The second-order valence-electron chi connectivity index (χ2n) is 10.8. The average molecular weight is 676 g/mol. The fourth-order valence-electron chi connectivity index (χ4n) is 4.95. The van der Waals surface area contributed by atoms with Crippen molar-refractivity contribution >= 4 is 46.9 Å². The molecule has 11 heteroatoms. The number of fused-ring (bicyclic) bond motifs is 1. The van der Waals surface area contributed by atoms with E-state index in [0.717, 1.165) is 10.5 Å². The standard InChI is InChI=1S/C38H33N3O7S/c1-45-32-10-6-5-9-30(32)33-18-14-28(48-33)24-31(41-37(43)25-7-3-2-4-8-25)38(44)40-26-11-15-29(16-12-26)49-22-19-36(42)39-27-13-17-34-35(23-27)47-21-20-46-34/h2-18,23-24H,19-22H2,1H3,(H,39,42)(H,40,44)(H,41,43)/b31-24-. The first kappa shape index (κ1) is 33.0. The summed E-state index contributed by atoms with van der Waals surface area (Å²) >= 11 is 1.52. The molecule has 1 aliphatic heterocycles. The van der Waals surface area contributed by atoms with Gasteiger partial charge in [-0.3, -0.25) is 14.4 Å². The number of amides is 3. The number of furan rings is 1. The molecule has 0 aliphatic carbocycles. The lowest BCUT2D eigenvalue weighted by molar-refractivity contribution is -0.116. The van der Waals surface area contributed by atoms with E-state index in [1.165, 1.54) is 17.8 Å². The third-order valence-electron chi connectivity index (χ3n) is 7.35. The highest BCUT2D eigenvalue weighted by Gasteiger charge is 2.17. The molecule has 0 fully saturated rings. The number of methoxy groups -OCH3 is 1. The van der Waals surface area contributed by atoms with Gasteiger partial charge < -0.3 is 34.6 Å². The van der Waals surface area contributed by atoms with Crippen LogP contribution in [-0.2, 0) is 9.59 Å². The second kappa shape index (κ2) is 15.8. The van der Waals surface area contributed by atoms with Crippen LogP contribution in [0.5, 0.6) is 17.2 Å². The number of hydrogen-bond donors (Lipinski definition) is 3. The summed E-state index contributed by atoms with van der Waals surface area (Å²) in [5, 5.41) is 8.47. The molecule has 3 amide bonds. The van der Waals surface area contributed by atoms with Crippen LogP contribution in [0.25, 0.3) is 17.4 Å². The van der Waals surface area contributed by atoms with Crippen LogP contribution in [0, 0.1) is 0 Å². The van der Waals surface area contributed by atoms with Crippen LogP contribution in [0.2, 0.25) is 0 Å². The number of carbonyl (C=O) groups excluding carboxylic acids is 3. The molecule has 0 saturated heterocycles. The number of ether oxygens (including phenoxy) is 3. The number of nitrogens with one attached hydrogen (secondary N) is 3. The molecule has 1 aromatic heterocycles. The Bertz CT molecular complexity index is 1970. The van der Waals surface area contributed by atoms with Crippen LogP contribution in [0.4, 0.5) is 11.4 Å². The molecular formula is C38H33N3O7S. The Morgan fingerprint density at radius 2 is 1.53 bits per heavy atom. The predicted octanol–water partition coefficient (Wildman–Crippen LogP) is 7.26. The van der Waals surface area contributed by atoms with Crippen LogP contribution < -0.4 is 30.2 Å².